The zero-order valence-electron chi connectivity index (χ0n) is 15.7. The van der Waals surface area contributed by atoms with Gasteiger partial charge in [0.15, 0.2) is 9.84 Å². The van der Waals surface area contributed by atoms with Gasteiger partial charge >= 0.3 is 6.03 Å². The zero-order chi connectivity index (χ0) is 18.9. The molecule has 0 heterocycles. The average Bonchev–Trinajstić information content (AvgIpc) is 2.59. The summed E-state index contributed by atoms with van der Waals surface area (Å²) in [5.74, 6) is -0.0847. The molecule has 0 saturated heterocycles. The Balaban J connectivity index is 2.60. The fourth-order valence-corrected chi connectivity index (χ4v) is 3.77. The molecule has 142 valence electrons. The summed E-state index contributed by atoms with van der Waals surface area (Å²) in [5, 5.41) is 2.89. The third-order valence-corrected chi connectivity index (χ3v) is 5.90. The van der Waals surface area contributed by atoms with Gasteiger partial charge in [-0.3, -0.25) is 0 Å². The molecule has 0 unspecified atom stereocenters. The van der Waals surface area contributed by atoms with Crippen LogP contribution in [0.3, 0.4) is 0 Å². The van der Waals surface area contributed by atoms with Crippen molar-refractivity contribution in [3.05, 3.63) is 30.3 Å². The van der Waals surface area contributed by atoms with Crippen LogP contribution in [0.15, 0.2) is 35.2 Å². The molecule has 6 nitrogen and oxygen atoms in total. The number of nitrogens with zero attached hydrogens (tertiary/aromatic N) is 2. The van der Waals surface area contributed by atoms with E-state index < -0.39 is 9.84 Å². The number of nitrogens with one attached hydrogen (secondary N) is 1. The van der Waals surface area contributed by atoms with E-state index in [0.717, 1.165) is 19.6 Å². The number of sulfone groups is 1. The van der Waals surface area contributed by atoms with Crippen LogP contribution in [0.5, 0.6) is 0 Å². The molecule has 0 radical (unpaired) electrons. The Labute approximate surface area is 152 Å². The van der Waals surface area contributed by atoms with E-state index in [-0.39, 0.29) is 24.4 Å². The summed E-state index contributed by atoms with van der Waals surface area (Å²) in [7, 11) is -3.39. The maximum absolute atomic E-state index is 12.4. The molecule has 0 aliphatic heterocycles. The van der Waals surface area contributed by atoms with Gasteiger partial charge in [0.2, 0.25) is 0 Å². The number of rotatable bonds is 10. The summed E-state index contributed by atoms with van der Waals surface area (Å²) in [4.78, 5) is 16.5. The Morgan fingerprint density at radius 3 is 2.20 bits per heavy atom. The summed E-state index contributed by atoms with van der Waals surface area (Å²) < 4.78 is 24.8. The molecular weight excluding hydrogens is 338 g/mol. The zero-order valence-corrected chi connectivity index (χ0v) is 16.6. The quantitative estimate of drug-likeness (QED) is 0.687. The Morgan fingerprint density at radius 2 is 1.68 bits per heavy atom. The van der Waals surface area contributed by atoms with Crippen LogP contribution in [0, 0.1) is 0 Å². The Bertz CT molecular complexity index is 614. The normalized spacial score (nSPS) is 11.8. The molecule has 0 saturated carbocycles. The van der Waals surface area contributed by atoms with E-state index in [4.69, 9.17) is 0 Å². The molecule has 0 bridgehead atoms. The molecule has 1 rings (SSSR count). The summed E-state index contributed by atoms with van der Waals surface area (Å²) in [6.45, 7) is 11.3. The fourth-order valence-electron chi connectivity index (χ4n) is 2.52. The van der Waals surface area contributed by atoms with Crippen molar-refractivity contribution < 1.29 is 13.2 Å². The van der Waals surface area contributed by atoms with E-state index in [0.29, 0.717) is 11.4 Å². The molecule has 0 aliphatic rings. The lowest BCUT2D eigenvalue weighted by Gasteiger charge is -2.27. The Hall–Kier alpha value is -1.60. The maximum Gasteiger partial charge on any atom is 0.317 e. The van der Waals surface area contributed by atoms with E-state index in [9.17, 15) is 13.2 Å². The predicted molar refractivity (Wildman–Crippen MR) is 102 cm³/mol. The van der Waals surface area contributed by atoms with Gasteiger partial charge in [0.05, 0.1) is 10.6 Å². The van der Waals surface area contributed by atoms with Crippen LogP contribution in [0.25, 0.3) is 0 Å². The van der Waals surface area contributed by atoms with Gasteiger partial charge in [0, 0.05) is 25.7 Å². The van der Waals surface area contributed by atoms with Crippen LogP contribution in [0.2, 0.25) is 0 Å². The molecule has 0 aromatic heterocycles. The van der Waals surface area contributed by atoms with E-state index in [1.807, 2.05) is 13.8 Å². The fraction of sp³-hybridized carbons (Fsp3) is 0.611. The first kappa shape index (κ1) is 21.4. The summed E-state index contributed by atoms with van der Waals surface area (Å²) in [5.41, 5.74) is 0. The van der Waals surface area contributed by atoms with Crippen LogP contribution in [0.1, 0.15) is 27.7 Å². The standard InChI is InChI=1S/C18H31N3O3S/c1-5-20(6-2)13-12-19-18(22)21(16(3)4)14-15-25(23,24)17-10-8-7-9-11-17/h7-11,16H,5-6,12-15H2,1-4H3,(H,19,22). The van der Waals surface area contributed by atoms with Crippen molar-refractivity contribution in [3.8, 4) is 0 Å². The second-order valence-corrected chi connectivity index (χ2v) is 8.29. The molecule has 25 heavy (non-hydrogen) atoms. The van der Waals surface area contributed by atoms with Crippen LogP contribution in [0.4, 0.5) is 4.79 Å². The summed E-state index contributed by atoms with van der Waals surface area (Å²) in [6.07, 6.45) is 0. The molecule has 1 N–H and O–H groups in total. The highest BCUT2D eigenvalue weighted by Crippen LogP contribution is 2.11. The highest BCUT2D eigenvalue weighted by atomic mass is 32.2. The Morgan fingerprint density at radius 1 is 1.08 bits per heavy atom. The van der Waals surface area contributed by atoms with Crippen LogP contribution in [-0.2, 0) is 9.84 Å². The van der Waals surface area contributed by atoms with Gasteiger partial charge in [0.1, 0.15) is 0 Å². The Kier molecular flexibility index (Phi) is 8.92. The third-order valence-electron chi connectivity index (χ3n) is 4.19. The number of carbonyl (C=O) groups excluding carboxylic acids is 1. The van der Waals surface area contributed by atoms with Crippen molar-refractivity contribution in [2.24, 2.45) is 0 Å². The number of hydrogen-bond acceptors (Lipinski definition) is 4. The van der Waals surface area contributed by atoms with Crippen LogP contribution >= 0.6 is 0 Å². The molecule has 0 fully saturated rings. The summed E-state index contributed by atoms with van der Waals surface area (Å²) in [6, 6.07) is 8.06. The van der Waals surface area contributed by atoms with Gasteiger partial charge in [-0.05, 0) is 39.1 Å². The molecule has 1 aromatic rings. The number of benzene rings is 1. The van der Waals surface area contributed by atoms with Gasteiger partial charge < -0.3 is 15.1 Å². The molecule has 7 heteroatoms. The molecule has 0 spiro atoms. The average molecular weight is 370 g/mol. The number of urea groups is 1. The lowest BCUT2D eigenvalue weighted by Crippen LogP contribution is -2.47. The largest absolute Gasteiger partial charge is 0.337 e. The second-order valence-electron chi connectivity index (χ2n) is 6.18. The topological polar surface area (TPSA) is 69.7 Å². The minimum absolute atomic E-state index is 0.0700. The van der Waals surface area contributed by atoms with E-state index in [2.05, 4.69) is 24.1 Å². The van der Waals surface area contributed by atoms with Crippen molar-refractivity contribution in [1.82, 2.24) is 15.1 Å². The minimum Gasteiger partial charge on any atom is -0.337 e. The van der Waals surface area contributed by atoms with Crippen molar-refractivity contribution in [1.29, 1.82) is 0 Å². The van der Waals surface area contributed by atoms with Crippen molar-refractivity contribution >= 4 is 15.9 Å². The molecule has 0 aliphatic carbocycles. The monoisotopic (exact) mass is 369 g/mol. The minimum atomic E-state index is -3.39. The van der Waals surface area contributed by atoms with Gasteiger partial charge in [0.25, 0.3) is 0 Å². The SMILES string of the molecule is CCN(CC)CCNC(=O)N(CCS(=O)(=O)c1ccccc1)C(C)C. The number of hydrogen-bond donors (Lipinski definition) is 1. The van der Waals surface area contributed by atoms with Crippen molar-refractivity contribution in [3.63, 3.8) is 0 Å². The molecule has 1 aromatic carbocycles. The predicted octanol–water partition coefficient (Wildman–Crippen LogP) is 2.22. The number of likely N-dealkylation sites (N-methyl/N-ethyl adjacent to an activating group) is 1. The third kappa shape index (κ3) is 7.04. The van der Waals surface area contributed by atoms with Gasteiger partial charge in [-0.15, -0.1) is 0 Å². The van der Waals surface area contributed by atoms with Crippen molar-refractivity contribution in [2.45, 2.75) is 38.6 Å². The highest BCUT2D eigenvalue weighted by molar-refractivity contribution is 7.91. The number of carbonyl (C=O) groups is 1. The van der Waals surface area contributed by atoms with Crippen molar-refractivity contribution in [2.75, 3.05) is 38.5 Å². The molecule has 0 atom stereocenters. The highest BCUT2D eigenvalue weighted by Gasteiger charge is 2.21. The second kappa shape index (κ2) is 10.4. The van der Waals surface area contributed by atoms with E-state index in [1.54, 1.807) is 35.2 Å². The van der Waals surface area contributed by atoms with E-state index >= 15 is 0 Å². The van der Waals surface area contributed by atoms with Gasteiger partial charge in [-0.25, -0.2) is 13.2 Å². The molecular formula is C18H31N3O3S. The van der Waals surface area contributed by atoms with Gasteiger partial charge in [-0.1, -0.05) is 32.0 Å². The smallest absolute Gasteiger partial charge is 0.317 e. The van der Waals surface area contributed by atoms with E-state index in [1.165, 1.54) is 0 Å². The van der Waals surface area contributed by atoms with Crippen LogP contribution < -0.4 is 5.32 Å². The first-order valence-corrected chi connectivity index (χ1v) is 10.5. The lowest BCUT2D eigenvalue weighted by atomic mass is 10.3. The van der Waals surface area contributed by atoms with Crippen LogP contribution in [-0.4, -0.2) is 68.8 Å². The number of amides is 2. The first-order valence-electron chi connectivity index (χ1n) is 8.86. The molecule has 2 amide bonds. The lowest BCUT2D eigenvalue weighted by molar-refractivity contribution is 0.185. The van der Waals surface area contributed by atoms with Gasteiger partial charge in [-0.2, -0.15) is 0 Å². The first-order chi connectivity index (χ1) is 11.8. The summed E-state index contributed by atoms with van der Waals surface area (Å²) >= 11 is 0. The maximum atomic E-state index is 12.4.